The lowest BCUT2D eigenvalue weighted by molar-refractivity contribution is 0.210. The zero-order valence-electron chi connectivity index (χ0n) is 23.1. The molecule has 0 saturated carbocycles. The van der Waals surface area contributed by atoms with Gasteiger partial charge < -0.3 is 4.90 Å². The van der Waals surface area contributed by atoms with Crippen LogP contribution in [0.15, 0.2) is 163 Å². The highest BCUT2D eigenvalue weighted by atomic mass is 31.2. The van der Waals surface area contributed by atoms with Crippen LogP contribution in [-0.2, 0) is 0 Å². The van der Waals surface area contributed by atoms with Crippen LogP contribution in [0.25, 0.3) is 0 Å². The highest BCUT2D eigenvalue weighted by Gasteiger charge is 2.44. The van der Waals surface area contributed by atoms with Gasteiger partial charge in [-0.1, -0.05) is 115 Å². The van der Waals surface area contributed by atoms with Crippen LogP contribution >= 0.6 is 7.26 Å². The fourth-order valence-corrected chi connectivity index (χ4v) is 9.70. The average Bonchev–Trinajstić information content (AvgIpc) is 3.02. The zero-order valence-corrected chi connectivity index (χ0v) is 24.0. The van der Waals surface area contributed by atoms with Gasteiger partial charge in [0.1, 0.15) is 23.2 Å². The highest BCUT2D eigenvalue weighted by molar-refractivity contribution is 7.98. The predicted octanol–water partition coefficient (Wildman–Crippen LogP) is 8.67. The van der Waals surface area contributed by atoms with Crippen molar-refractivity contribution in [3.05, 3.63) is 174 Å². The van der Waals surface area contributed by atoms with Gasteiger partial charge in [-0.25, -0.2) is 0 Å². The normalized spacial score (nSPS) is 13.5. The summed E-state index contributed by atoms with van der Waals surface area (Å²) in [5, 5.41) is 4.09. The Labute approximate surface area is 234 Å². The first-order chi connectivity index (χ1) is 19.1. The molecular weight excluding hydrogens is 489 g/mol. The molecule has 0 amide bonds. The maximum absolute atomic E-state index is 2.61. The molecule has 0 aromatic heterocycles. The fraction of sp³-hybridized carbons (Fsp3) is 0.135. The molecule has 1 nitrogen and oxygen atoms in total. The lowest BCUT2D eigenvalue weighted by atomic mass is 10.0. The topological polar surface area (TPSA) is 3.24 Å². The number of nitrogens with zero attached hydrogens (tertiary/aromatic N) is 1. The molecule has 0 aliphatic carbocycles. The summed E-state index contributed by atoms with van der Waals surface area (Å²) in [7, 11) is -2.13. The Morgan fingerprint density at radius 3 is 1.08 bits per heavy atom. The number of hydrogen-bond acceptors (Lipinski definition) is 1. The van der Waals surface area contributed by atoms with Gasteiger partial charge in [-0.2, -0.15) is 0 Å². The lowest BCUT2D eigenvalue weighted by Crippen LogP contribution is -2.33. The smallest absolute Gasteiger partial charge is 0.138 e. The minimum absolute atomic E-state index is 0.196. The van der Waals surface area contributed by atoms with Crippen molar-refractivity contribution in [1.29, 1.82) is 0 Å². The molecule has 0 aliphatic rings. The molecule has 5 aromatic carbocycles. The molecule has 5 aromatic rings. The monoisotopic (exact) mass is 526 g/mol. The summed E-state index contributed by atoms with van der Waals surface area (Å²) < 4.78 is 0. The van der Waals surface area contributed by atoms with Crippen LogP contribution in [0, 0.1) is 0 Å². The molecule has 0 radical (unpaired) electrons. The first-order valence-electron chi connectivity index (χ1n) is 13.7. The zero-order chi connectivity index (χ0) is 27.1. The summed E-state index contributed by atoms with van der Waals surface area (Å²) in [5.74, 6) is 2.60. The number of hydrogen-bond donors (Lipinski definition) is 0. The number of benzene rings is 5. The van der Waals surface area contributed by atoms with Gasteiger partial charge in [0, 0.05) is 5.70 Å². The van der Waals surface area contributed by atoms with Gasteiger partial charge in [-0.05, 0) is 68.3 Å². The second-order valence-corrected chi connectivity index (χ2v) is 13.3. The average molecular weight is 527 g/mol. The molecule has 2 heteroatoms. The van der Waals surface area contributed by atoms with Crippen molar-refractivity contribution in [1.82, 2.24) is 4.90 Å². The Morgan fingerprint density at radius 1 is 0.487 bits per heavy atom. The molecule has 5 rings (SSSR count). The predicted molar refractivity (Wildman–Crippen MR) is 170 cm³/mol. The summed E-state index contributed by atoms with van der Waals surface area (Å²) >= 11 is 0. The Kier molecular flexibility index (Phi) is 8.40. The van der Waals surface area contributed by atoms with Crippen LogP contribution in [0.3, 0.4) is 0 Å². The third kappa shape index (κ3) is 5.60. The first-order valence-corrected chi connectivity index (χ1v) is 15.6. The Bertz CT molecular complexity index is 1320. The maximum Gasteiger partial charge on any atom is 0.138 e. The molecule has 0 saturated heterocycles. The Balaban J connectivity index is 1.76. The van der Waals surface area contributed by atoms with E-state index in [1.54, 1.807) is 0 Å². The number of allylic oxidation sites excluding steroid dienone is 1. The minimum atomic E-state index is -2.13. The summed E-state index contributed by atoms with van der Waals surface area (Å²) in [4.78, 5) is 2.61. The van der Waals surface area contributed by atoms with E-state index in [0.717, 1.165) is 0 Å². The lowest BCUT2D eigenvalue weighted by Gasteiger charge is -2.38. The van der Waals surface area contributed by atoms with Crippen LogP contribution in [0.2, 0.25) is 0 Å². The molecular formula is C37H37NP+. The minimum Gasteiger partial charge on any atom is -0.359 e. The van der Waals surface area contributed by atoms with E-state index in [0.29, 0.717) is 0 Å². The third-order valence-electron chi connectivity index (χ3n) is 7.68. The molecule has 0 unspecified atom stereocenters. The summed E-state index contributed by atoms with van der Waals surface area (Å²) in [6.07, 6.45) is 0. The quantitative estimate of drug-likeness (QED) is 0.174. The Hall–Kier alpha value is -3.93. The molecule has 0 heterocycles. The van der Waals surface area contributed by atoms with E-state index in [1.807, 2.05) is 0 Å². The molecule has 194 valence electrons. The van der Waals surface area contributed by atoms with Gasteiger partial charge >= 0.3 is 0 Å². The van der Waals surface area contributed by atoms with Crippen LogP contribution in [-0.4, -0.2) is 4.90 Å². The van der Waals surface area contributed by atoms with E-state index >= 15 is 0 Å². The summed E-state index contributed by atoms with van der Waals surface area (Å²) in [6, 6.07) is 55.4. The summed E-state index contributed by atoms with van der Waals surface area (Å²) in [5.41, 5.74) is 3.92. The maximum atomic E-state index is 2.61. The van der Waals surface area contributed by atoms with Gasteiger partial charge in [-0.3, -0.25) is 0 Å². The van der Waals surface area contributed by atoms with Crippen molar-refractivity contribution in [2.45, 2.75) is 32.9 Å². The Morgan fingerprint density at radius 2 is 0.769 bits per heavy atom. The van der Waals surface area contributed by atoms with Crippen molar-refractivity contribution < 1.29 is 0 Å². The van der Waals surface area contributed by atoms with Crippen molar-refractivity contribution >= 4 is 23.2 Å². The molecule has 0 bridgehead atoms. The van der Waals surface area contributed by atoms with Crippen LogP contribution in [0.4, 0.5) is 0 Å². The van der Waals surface area contributed by atoms with Gasteiger partial charge in [-0.15, -0.1) is 0 Å². The van der Waals surface area contributed by atoms with Crippen LogP contribution in [0.1, 0.15) is 44.0 Å². The van der Waals surface area contributed by atoms with Crippen molar-refractivity contribution in [2.24, 2.45) is 0 Å². The van der Waals surface area contributed by atoms with E-state index in [9.17, 15) is 0 Å². The second-order valence-electron chi connectivity index (χ2n) is 10.1. The third-order valence-corrected chi connectivity index (χ3v) is 11.8. The molecule has 2 atom stereocenters. The largest absolute Gasteiger partial charge is 0.359 e. The molecule has 0 aliphatic heterocycles. The van der Waals surface area contributed by atoms with Gasteiger partial charge in [0.25, 0.3) is 0 Å². The van der Waals surface area contributed by atoms with E-state index in [1.165, 1.54) is 32.7 Å². The van der Waals surface area contributed by atoms with E-state index in [-0.39, 0.29) is 12.1 Å². The molecule has 0 N–H and O–H groups in total. The highest BCUT2D eigenvalue weighted by Crippen LogP contribution is 2.58. The van der Waals surface area contributed by atoms with E-state index in [2.05, 4.69) is 183 Å². The second kappa shape index (κ2) is 12.3. The molecule has 39 heavy (non-hydrogen) atoms. The standard InChI is InChI=1S/C37H37NP/c1-30(38(31(2)33-19-9-4-10-20-33)32(3)34-21-11-5-12-22-34)29-39(35-23-13-6-14-24-35,36-25-15-7-16-26-36)37-27-17-8-18-28-37/h4-29,31-32H,1-3H3/q+1/b30-29+/t31-,32-/m0/s1. The van der Waals surface area contributed by atoms with Gasteiger partial charge in [0.15, 0.2) is 0 Å². The van der Waals surface area contributed by atoms with Crippen molar-refractivity contribution in [2.75, 3.05) is 0 Å². The molecule has 0 spiro atoms. The van der Waals surface area contributed by atoms with E-state index in [4.69, 9.17) is 0 Å². The van der Waals surface area contributed by atoms with Crippen molar-refractivity contribution in [3.63, 3.8) is 0 Å². The van der Waals surface area contributed by atoms with Crippen LogP contribution < -0.4 is 15.9 Å². The number of rotatable bonds is 9. The summed E-state index contributed by atoms with van der Waals surface area (Å²) in [6.45, 7) is 6.97. The van der Waals surface area contributed by atoms with Crippen LogP contribution in [0.5, 0.6) is 0 Å². The molecule has 0 fully saturated rings. The SMILES string of the molecule is C/C(=C\[P+](c1ccccc1)(c1ccccc1)c1ccccc1)N([C@@H](C)c1ccccc1)[C@@H](C)c1ccccc1. The van der Waals surface area contributed by atoms with Crippen molar-refractivity contribution in [3.8, 4) is 0 Å². The first kappa shape index (κ1) is 26.7. The van der Waals surface area contributed by atoms with Gasteiger partial charge in [0.05, 0.1) is 17.9 Å². The fourth-order valence-electron chi connectivity index (χ4n) is 5.74. The van der Waals surface area contributed by atoms with Gasteiger partial charge in [0.2, 0.25) is 0 Å². The van der Waals surface area contributed by atoms with E-state index < -0.39 is 7.26 Å².